The van der Waals surface area contributed by atoms with E-state index in [4.69, 9.17) is 0 Å². The summed E-state index contributed by atoms with van der Waals surface area (Å²) in [7, 11) is 0. The molecule has 2 nitrogen and oxygen atoms in total. The van der Waals surface area contributed by atoms with Gasteiger partial charge >= 0.3 is 0 Å². The lowest BCUT2D eigenvalue weighted by molar-refractivity contribution is 0.304. The van der Waals surface area contributed by atoms with Crippen LogP contribution in [0.15, 0.2) is 36.4 Å². The Morgan fingerprint density at radius 3 is 2.20 bits per heavy atom. The normalized spacial score (nSPS) is 20.8. The molecule has 1 aliphatic carbocycles. The summed E-state index contributed by atoms with van der Waals surface area (Å²) in [6.07, 6.45) is 9.71. The van der Waals surface area contributed by atoms with Crippen molar-refractivity contribution in [3.05, 3.63) is 47.7 Å². The Kier molecular flexibility index (Phi) is 6.23. The van der Waals surface area contributed by atoms with E-state index in [1.165, 1.54) is 56.1 Å². The zero-order valence-electron chi connectivity index (χ0n) is 16.0. The molecule has 0 amide bonds. The third-order valence-corrected chi connectivity index (χ3v) is 5.77. The summed E-state index contributed by atoms with van der Waals surface area (Å²) in [6, 6.07) is 13.2. The van der Waals surface area contributed by atoms with Gasteiger partial charge in [0.15, 0.2) is 0 Å². The van der Waals surface area contributed by atoms with Gasteiger partial charge in [0.05, 0.1) is 11.4 Å². The average molecular weight is 337 g/mol. The van der Waals surface area contributed by atoms with Crippen LogP contribution in [0.25, 0.3) is 11.3 Å². The number of benzene rings is 1. The second kappa shape index (κ2) is 8.60. The number of hydrogen-bond acceptors (Lipinski definition) is 2. The molecule has 1 aromatic carbocycles. The first-order valence-electron chi connectivity index (χ1n) is 10.1. The van der Waals surface area contributed by atoms with E-state index in [9.17, 15) is 0 Å². The highest BCUT2D eigenvalue weighted by molar-refractivity contribution is 5.59. The Morgan fingerprint density at radius 1 is 0.920 bits per heavy atom. The smallest absolute Gasteiger partial charge is 0.0929 e. The highest BCUT2D eigenvalue weighted by Gasteiger charge is 2.21. The first-order chi connectivity index (χ1) is 12.2. The Hall–Kier alpha value is -1.70. The number of aromatic nitrogens is 2. The average Bonchev–Trinajstić information content (AvgIpc) is 2.67. The van der Waals surface area contributed by atoms with Crippen molar-refractivity contribution < 1.29 is 0 Å². The molecule has 0 aliphatic heterocycles. The predicted octanol–water partition coefficient (Wildman–Crippen LogP) is 6.73. The largest absolute Gasteiger partial charge is 0.155 e. The number of rotatable bonds is 6. The second-order valence-corrected chi connectivity index (χ2v) is 7.98. The minimum atomic E-state index is 0.427. The monoisotopic (exact) mass is 336 g/mol. The molecular weight excluding hydrogens is 304 g/mol. The van der Waals surface area contributed by atoms with Crippen LogP contribution in [0.4, 0.5) is 0 Å². The molecule has 1 fully saturated rings. The van der Waals surface area contributed by atoms with Gasteiger partial charge in [0.25, 0.3) is 0 Å². The third-order valence-electron chi connectivity index (χ3n) is 5.77. The van der Waals surface area contributed by atoms with E-state index >= 15 is 0 Å². The molecule has 2 aromatic rings. The van der Waals surface area contributed by atoms with Crippen LogP contribution in [-0.2, 0) is 0 Å². The lowest BCUT2D eigenvalue weighted by atomic mass is 9.77. The van der Waals surface area contributed by atoms with Gasteiger partial charge in [0.1, 0.15) is 0 Å². The van der Waals surface area contributed by atoms with Crippen LogP contribution < -0.4 is 0 Å². The highest BCUT2D eigenvalue weighted by Crippen LogP contribution is 2.38. The van der Waals surface area contributed by atoms with Gasteiger partial charge in [-0.15, -0.1) is 0 Å². The summed E-state index contributed by atoms with van der Waals surface area (Å²) in [5.41, 5.74) is 4.70. The molecule has 1 aliphatic rings. The second-order valence-electron chi connectivity index (χ2n) is 7.98. The first-order valence-corrected chi connectivity index (χ1v) is 10.1. The van der Waals surface area contributed by atoms with E-state index in [0.29, 0.717) is 5.92 Å². The molecule has 1 heterocycles. The molecule has 3 rings (SSSR count). The molecule has 0 radical (unpaired) electrons. The van der Waals surface area contributed by atoms with Gasteiger partial charge in [-0.25, -0.2) is 0 Å². The van der Waals surface area contributed by atoms with E-state index in [1.54, 1.807) is 0 Å². The van der Waals surface area contributed by atoms with E-state index in [1.807, 2.05) is 0 Å². The van der Waals surface area contributed by atoms with E-state index in [2.05, 4.69) is 67.4 Å². The Labute approximate surface area is 153 Å². The molecule has 0 N–H and O–H groups in total. The zero-order chi connectivity index (χ0) is 17.6. The van der Waals surface area contributed by atoms with Crippen molar-refractivity contribution in [3.8, 4) is 11.3 Å². The summed E-state index contributed by atoms with van der Waals surface area (Å²) >= 11 is 0. The Morgan fingerprint density at radius 2 is 1.64 bits per heavy atom. The van der Waals surface area contributed by atoms with Crippen LogP contribution in [0.2, 0.25) is 0 Å². The maximum atomic E-state index is 4.40. The summed E-state index contributed by atoms with van der Waals surface area (Å²) in [6.45, 7) is 6.60. The topological polar surface area (TPSA) is 25.8 Å². The maximum Gasteiger partial charge on any atom is 0.0929 e. The van der Waals surface area contributed by atoms with Crippen LogP contribution in [-0.4, -0.2) is 10.2 Å². The lowest BCUT2D eigenvalue weighted by Crippen LogP contribution is -2.13. The Balaban J connectivity index is 1.61. The van der Waals surface area contributed by atoms with Crippen LogP contribution in [0.1, 0.15) is 88.8 Å². The number of nitrogens with zero attached hydrogens (tertiary/aromatic N) is 2. The predicted molar refractivity (Wildman–Crippen MR) is 106 cm³/mol. The molecule has 0 atom stereocenters. The fraction of sp³-hybridized carbons (Fsp3) is 0.565. The highest BCUT2D eigenvalue weighted by atomic mass is 15.1. The Bertz CT molecular complexity index is 635. The number of unbranched alkanes of at least 4 members (excludes halogenated alkanes) is 1. The molecule has 1 aromatic heterocycles. The molecule has 2 heteroatoms. The summed E-state index contributed by atoms with van der Waals surface area (Å²) < 4.78 is 0. The van der Waals surface area contributed by atoms with Crippen LogP contribution in [0.5, 0.6) is 0 Å². The summed E-state index contributed by atoms with van der Waals surface area (Å²) in [5.74, 6) is 2.16. The third kappa shape index (κ3) is 4.68. The zero-order valence-corrected chi connectivity index (χ0v) is 16.0. The van der Waals surface area contributed by atoms with Crippen molar-refractivity contribution in [3.63, 3.8) is 0 Å². The van der Waals surface area contributed by atoms with Crippen LogP contribution in [0, 0.1) is 5.92 Å². The van der Waals surface area contributed by atoms with Crippen molar-refractivity contribution in [2.24, 2.45) is 5.92 Å². The molecular formula is C23H32N2. The van der Waals surface area contributed by atoms with Crippen LogP contribution >= 0.6 is 0 Å². The quantitative estimate of drug-likeness (QED) is 0.584. The maximum absolute atomic E-state index is 4.40. The molecule has 0 saturated heterocycles. The van der Waals surface area contributed by atoms with E-state index < -0.39 is 0 Å². The minimum absolute atomic E-state index is 0.427. The van der Waals surface area contributed by atoms with Crippen molar-refractivity contribution >= 4 is 0 Å². The van der Waals surface area contributed by atoms with Gasteiger partial charge in [0, 0.05) is 5.56 Å². The molecule has 0 spiro atoms. The SMILES string of the molecule is CCCCC1CCC(c2ccc(-c3ccc(C(C)C)nn3)cc2)CC1. The lowest BCUT2D eigenvalue weighted by Gasteiger charge is -2.28. The van der Waals surface area contributed by atoms with E-state index in [-0.39, 0.29) is 0 Å². The van der Waals surface area contributed by atoms with Gasteiger partial charge < -0.3 is 0 Å². The van der Waals surface area contributed by atoms with Crippen molar-refractivity contribution in [1.82, 2.24) is 10.2 Å². The van der Waals surface area contributed by atoms with Gasteiger partial charge in [0.2, 0.25) is 0 Å². The van der Waals surface area contributed by atoms with Crippen molar-refractivity contribution in [2.45, 2.75) is 77.6 Å². The fourth-order valence-corrected chi connectivity index (χ4v) is 4.01. The standard InChI is InChI=1S/C23H32N2/c1-4-5-6-18-7-9-19(10-8-18)20-11-13-21(14-12-20)23-16-15-22(17(2)3)24-25-23/h11-19H,4-10H2,1-3H3. The number of hydrogen-bond donors (Lipinski definition) is 0. The van der Waals surface area contributed by atoms with Gasteiger partial charge in [-0.05, 0) is 61.1 Å². The van der Waals surface area contributed by atoms with Gasteiger partial charge in [-0.1, -0.05) is 64.3 Å². The molecule has 0 unspecified atom stereocenters. The molecule has 25 heavy (non-hydrogen) atoms. The van der Waals surface area contributed by atoms with E-state index in [0.717, 1.165) is 23.2 Å². The van der Waals surface area contributed by atoms with Crippen molar-refractivity contribution in [2.75, 3.05) is 0 Å². The molecule has 134 valence electrons. The van der Waals surface area contributed by atoms with Gasteiger partial charge in [-0.3, -0.25) is 0 Å². The minimum Gasteiger partial charge on any atom is -0.155 e. The molecule has 1 saturated carbocycles. The summed E-state index contributed by atoms with van der Waals surface area (Å²) in [4.78, 5) is 0. The van der Waals surface area contributed by atoms with Crippen LogP contribution in [0.3, 0.4) is 0 Å². The van der Waals surface area contributed by atoms with Crippen molar-refractivity contribution in [1.29, 1.82) is 0 Å². The fourth-order valence-electron chi connectivity index (χ4n) is 4.01. The molecule has 0 bridgehead atoms. The summed E-state index contributed by atoms with van der Waals surface area (Å²) in [5, 5.41) is 8.75. The first kappa shape index (κ1) is 18.1. The van der Waals surface area contributed by atoms with Gasteiger partial charge in [-0.2, -0.15) is 10.2 Å².